The molecule has 0 N–H and O–H groups in total. The maximum atomic E-state index is 6.42. The van der Waals surface area contributed by atoms with Gasteiger partial charge in [-0.15, -0.1) is 0 Å². The van der Waals surface area contributed by atoms with Crippen molar-refractivity contribution < 1.29 is 28.4 Å². The van der Waals surface area contributed by atoms with Crippen molar-refractivity contribution >= 4 is 32.3 Å². The lowest BCUT2D eigenvalue weighted by Crippen LogP contribution is -2.08. The molecule has 0 unspecified atom stereocenters. The Morgan fingerprint density at radius 3 is 1.29 bits per heavy atom. The minimum absolute atomic E-state index is 0.195. The van der Waals surface area contributed by atoms with E-state index in [1.54, 1.807) is 36.5 Å². The van der Waals surface area contributed by atoms with Gasteiger partial charge in [0.15, 0.2) is 23.0 Å². The largest absolute Gasteiger partial charge is 0.486 e. The molecule has 4 rings (SSSR count). The molecule has 6 heteroatoms. The summed E-state index contributed by atoms with van der Waals surface area (Å²) >= 11 is 0. The lowest BCUT2D eigenvalue weighted by Gasteiger charge is -2.25. The van der Waals surface area contributed by atoms with E-state index in [0.29, 0.717) is 46.5 Å². The van der Waals surface area contributed by atoms with E-state index in [-0.39, 0.29) is 33.0 Å². The van der Waals surface area contributed by atoms with Gasteiger partial charge in [-0.3, -0.25) is 0 Å². The normalized spacial score (nSPS) is 10.6. The summed E-state index contributed by atoms with van der Waals surface area (Å²) < 4.78 is 37.8. The molecule has 216 valence electrons. The van der Waals surface area contributed by atoms with Gasteiger partial charge in [0.2, 0.25) is 11.5 Å². The highest BCUT2D eigenvalue weighted by Gasteiger charge is 2.30. The molecule has 4 aromatic rings. The van der Waals surface area contributed by atoms with Crippen LogP contribution in [0.25, 0.3) is 32.3 Å². The minimum Gasteiger partial charge on any atom is -0.486 e. The first-order valence-corrected chi connectivity index (χ1v) is 13.6. The Balaban J connectivity index is 2.37. The Morgan fingerprint density at radius 2 is 0.762 bits per heavy atom. The van der Waals surface area contributed by atoms with Crippen LogP contribution in [-0.2, 0) is 0 Å². The van der Waals surface area contributed by atoms with E-state index >= 15 is 0 Å². The number of fused-ring (bicyclic) bond motifs is 6. The quantitative estimate of drug-likeness (QED) is 0.0892. The second kappa shape index (κ2) is 14.5. The van der Waals surface area contributed by atoms with Crippen LogP contribution in [0.2, 0.25) is 0 Å². The van der Waals surface area contributed by atoms with Gasteiger partial charge in [-0.2, -0.15) is 0 Å². The molecule has 0 amide bonds. The Hall–Kier alpha value is -5.10. The third kappa shape index (κ3) is 5.84. The van der Waals surface area contributed by atoms with E-state index in [2.05, 4.69) is 45.5 Å². The van der Waals surface area contributed by atoms with Crippen molar-refractivity contribution in [1.82, 2.24) is 0 Å². The number of rotatable bonds is 18. The van der Waals surface area contributed by atoms with Crippen LogP contribution in [0.1, 0.15) is 0 Å². The molecular formula is C36H36O6. The molecule has 6 nitrogen and oxygen atoms in total. The molecule has 0 aliphatic heterocycles. The topological polar surface area (TPSA) is 55.4 Å². The van der Waals surface area contributed by atoms with Crippen molar-refractivity contribution in [3.63, 3.8) is 0 Å². The van der Waals surface area contributed by atoms with Crippen LogP contribution in [0.4, 0.5) is 0 Å². The first-order valence-electron chi connectivity index (χ1n) is 13.6. The fraction of sp³-hybridized carbons (Fsp3) is 0.167. The lowest BCUT2D eigenvalue weighted by molar-refractivity contribution is 0.266. The smallest absolute Gasteiger partial charge is 0.208 e. The Kier molecular flexibility index (Phi) is 10.3. The summed E-state index contributed by atoms with van der Waals surface area (Å²) in [6.45, 7) is 24.4. The highest BCUT2D eigenvalue weighted by atomic mass is 16.6. The molecule has 0 saturated carbocycles. The summed E-state index contributed by atoms with van der Waals surface area (Å²) in [5.41, 5.74) is 0. The van der Waals surface area contributed by atoms with Crippen LogP contribution >= 0.6 is 0 Å². The first kappa shape index (κ1) is 29.9. The van der Waals surface area contributed by atoms with E-state index in [9.17, 15) is 0 Å². The molecule has 42 heavy (non-hydrogen) atoms. The summed E-state index contributed by atoms with van der Waals surface area (Å²) in [6, 6.07) is 12.0. The van der Waals surface area contributed by atoms with E-state index in [1.807, 2.05) is 30.3 Å². The average molecular weight is 565 g/mol. The summed E-state index contributed by atoms with van der Waals surface area (Å²) in [4.78, 5) is 0. The molecule has 0 aromatic heterocycles. The molecule has 0 aliphatic rings. The Morgan fingerprint density at radius 1 is 0.381 bits per heavy atom. The van der Waals surface area contributed by atoms with Crippen LogP contribution in [0.15, 0.2) is 112 Å². The lowest BCUT2D eigenvalue weighted by atomic mass is 9.91. The molecule has 0 saturated heterocycles. The summed E-state index contributed by atoms with van der Waals surface area (Å²) in [5.74, 6) is 2.72. The highest BCUT2D eigenvalue weighted by molar-refractivity contribution is 6.31. The van der Waals surface area contributed by atoms with Gasteiger partial charge < -0.3 is 28.4 Å². The molecule has 0 radical (unpaired) electrons. The van der Waals surface area contributed by atoms with Gasteiger partial charge in [-0.1, -0.05) is 100 Å². The third-order valence-corrected chi connectivity index (χ3v) is 6.27. The third-order valence-electron chi connectivity index (χ3n) is 6.27. The maximum Gasteiger partial charge on any atom is 0.208 e. The zero-order chi connectivity index (χ0) is 29.9. The second-order valence-electron chi connectivity index (χ2n) is 9.03. The predicted octanol–water partition coefficient (Wildman–Crippen LogP) is 8.54. The van der Waals surface area contributed by atoms with Gasteiger partial charge in [0.1, 0.15) is 39.6 Å². The van der Waals surface area contributed by atoms with Gasteiger partial charge in [0.25, 0.3) is 0 Å². The summed E-state index contributed by atoms with van der Waals surface area (Å²) in [7, 11) is 0. The molecular weight excluding hydrogens is 528 g/mol. The Labute approximate surface area is 247 Å². The van der Waals surface area contributed by atoms with E-state index in [1.165, 1.54) is 0 Å². The van der Waals surface area contributed by atoms with Crippen LogP contribution in [-0.4, -0.2) is 39.6 Å². The van der Waals surface area contributed by atoms with E-state index < -0.39 is 0 Å². The van der Waals surface area contributed by atoms with Gasteiger partial charge in [-0.05, 0) is 28.3 Å². The second-order valence-corrected chi connectivity index (χ2v) is 9.03. The number of ether oxygens (including phenoxy) is 6. The van der Waals surface area contributed by atoms with Crippen molar-refractivity contribution in [2.24, 2.45) is 0 Å². The number of benzene rings is 4. The zero-order valence-electron chi connectivity index (χ0n) is 23.9. The molecule has 0 fully saturated rings. The maximum absolute atomic E-state index is 6.42. The van der Waals surface area contributed by atoms with Crippen LogP contribution < -0.4 is 28.4 Å². The molecule has 0 atom stereocenters. The van der Waals surface area contributed by atoms with Crippen LogP contribution in [0.3, 0.4) is 0 Å². The van der Waals surface area contributed by atoms with Crippen molar-refractivity contribution in [3.8, 4) is 34.5 Å². The Bertz CT molecular complexity index is 1630. The molecule has 0 bridgehead atoms. The monoisotopic (exact) mass is 564 g/mol. The van der Waals surface area contributed by atoms with Crippen LogP contribution in [0, 0.1) is 0 Å². The fourth-order valence-corrected chi connectivity index (χ4v) is 4.78. The predicted molar refractivity (Wildman–Crippen MR) is 173 cm³/mol. The van der Waals surface area contributed by atoms with Gasteiger partial charge in [0.05, 0.1) is 0 Å². The van der Waals surface area contributed by atoms with Crippen molar-refractivity contribution in [2.45, 2.75) is 0 Å². The van der Waals surface area contributed by atoms with Gasteiger partial charge in [0, 0.05) is 16.2 Å². The molecule has 0 spiro atoms. The molecule has 0 aliphatic carbocycles. The minimum atomic E-state index is 0.195. The van der Waals surface area contributed by atoms with Crippen molar-refractivity contribution in [1.29, 1.82) is 0 Å². The molecule has 4 aromatic carbocycles. The highest BCUT2D eigenvalue weighted by Crippen LogP contribution is 2.57. The van der Waals surface area contributed by atoms with E-state index in [4.69, 9.17) is 28.4 Å². The summed E-state index contributed by atoms with van der Waals surface area (Å²) in [6.07, 6.45) is 10.0. The first-order chi connectivity index (χ1) is 20.7. The van der Waals surface area contributed by atoms with Crippen molar-refractivity contribution in [2.75, 3.05) is 39.6 Å². The van der Waals surface area contributed by atoms with E-state index in [0.717, 1.165) is 26.9 Å². The average Bonchev–Trinajstić information content (AvgIpc) is 3.02. The van der Waals surface area contributed by atoms with Crippen LogP contribution in [0.5, 0.6) is 34.5 Å². The van der Waals surface area contributed by atoms with Crippen molar-refractivity contribution in [3.05, 3.63) is 112 Å². The zero-order valence-corrected chi connectivity index (χ0v) is 23.9. The standard InChI is InChI=1S/C36H36O6/c1-7-19-37-28-18-17-27-25-15-13-14-16-26(25)30-31(29(27)32(28)38-20-8-2)34(40-22-10-4)36(42-24-12-6)35(41-23-11-5)33(30)39-21-9-3/h7-18H,1-6,19-24H2. The number of hydrogen-bond acceptors (Lipinski definition) is 6. The summed E-state index contributed by atoms with van der Waals surface area (Å²) in [5, 5.41) is 5.05. The van der Waals surface area contributed by atoms with Gasteiger partial charge in [-0.25, -0.2) is 0 Å². The number of hydrogen-bond donors (Lipinski definition) is 0. The SMILES string of the molecule is C=CCOc1ccc2c3ccccc3c3c(OCC=C)c(OCC=C)c(OCC=C)c(OCC=C)c3c2c1OCC=C. The molecule has 0 heterocycles. The fourth-order valence-electron chi connectivity index (χ4n) is 4.78. The van der Waals surface area contributed by atoms with Gasteiger partial charge >= 0.3 is 0 Å².